The van der Waals surface area contributed by atoms with Crippen LogP contribution in [0.25, 0.3) is 0 Å². The number of likely N-dealkylation sites (tertiary alicyclic amines) is 1. The van der Waals surface area contributed by atoms with Gasteiger partial charge in [-0.25, -0.2) is 8.42 Å². The zero-order valence-corrected chi connectivity index (χ0v) is 12.5. The van der Waals surface area contributed by atoms with E-state index in [9.17, 15) is 18.3 Å². The normalized spacial score (nSPS) is 18.9. The molecule has 0 aromatic heterocycles. The van der Waals surface area contributed by atoms with Gasteiger partial charge in [0.25, 0.3) is 5.91 Å². The van der Waals surface area contributed by atoms with E-state index in [1.807, 2.05) is 0 Å². The SMILES string of the molecule is CC1(O)CCN(C(=O)c2cccc(S(C)(=O)=O)c2)CC1. The Morgan fingerprint density at radius 2 is 1.90 bits per heavy atom. The van der Waals surface area contributed by atoms with Gasteiger partial charge in [-0.2, -0.15) is 0 Å². The van der Waals surface area contributed by atoms with Crippen LogP contribution in [-0.4, -0.2) is 49.3 Å². The quantitative estimate of drug-likeness (QED) is 0.886. The van der Waals surface area contributed by atoms with E-state index in [1.165, 1.54) is 12.1 Å². The molecular weight excluding hydrogens is 278 g/mol. The number of aliphatic hydroxyl groups is 1. The van der Waals surface area contributed by atoms with Crippen LogP contribution in [0.15, 0.2) is 29.2 Å². The Bertz CT molecular complexity index is 612. The monoisotopic (exact) mass is 297 g/mol. The number of benzene rings is 1. The van der Waals surface area contributed by atoms with Crippen molar-refractivity contribution < 1.29 is 18.3 Å². The fraction of sp³-hybridized carbons (Fsp3) is 0.500. The summed E-state index contributed by atoms with van der Waals surface area (Å²) >= 11 is 0. The molecule has 6 heteroatoms. The molecule has 1 heterocycles. The van der Waals surface area contributed by atoms with Crippen molar-refractivity contribution >= 4 is 15.7 Å². The average Bonchev–Trinajstić information content (AvgIpc) is 2.37. The largest absolute Gasteiger partial charge is 0.390 e. The van der Waals surface area contributed by atoms with Crippen molar-refractivity contribution in [2.75, 3.05) is 19.3 Å². The molecule has 1 aromatic carbocycles. The highest BCUT2D eigenvalue weighted by atomic mass is 32.2. The molecule has 0 aliphatic carbocycles. The van der Waals surface area contributed by atoms with Crippen molar-refractivity contribution in [1.82, 2.24) is 4.90 Å². The zero-order valence-electron chi connectivity index (χ0n) is 11.7. The molecule has 1 aliphatic heterocycles. The van der Waals surface area contributed by atoms with E-state index in [2.05, 4.69) is 0 Å². The maximum absolute atomic E-state index is 12.3. The molecule has 1 aliphatic rings. The zero-order chi connectivity index (χ0) is 15.0. The van der Waals surface area contributed by atoms with Crippen molar-refractivity contribution in [2.45, 2.75) is 30.3 Å². The predicted octanol–water partition coefficient (Wildman–Crippen LogP) is 1.08. The number of hydrogen-bond acceptors (Lipinski definition) is 4. The molecule has 0 saturated carbocycles. The Hall–Kier alpha value is -1.40. The molecule has 1 aromatic rings. The van der Waals surface area contributed by atoms with E-state index in [-0.39, 0.29) is 10.8 Å². The van der Waals surface area contributed by atoms with Gasteiger partial charge in [0, 0.05) is 24.9 Å². The Labute approximate surface area is 119 Å². The Morgan fingerprint density at radius 3 is 2.45 bits per heavy atom. The van der Waals surface area contributed by atoms with Crippen molar-refractivity contribution in [3.8, 4) is 0 Å². The number of carbonyl (C=O) groups excluding carboxylic acids is 1. The Morgan fingerprint density at radius 1 is 1.30 bits per heavy atom. The number of sulfone groups is 1. The Balaban J connectivity index is 2.18. The summed E-state index contributed by atoms with van der Waals surface area (Å²) in [7, 11) is -3.32. The minimum Gasteiger partial charge on any atom is -0.390 e. The molecule has 5 nitrogen and oxygen atoms in total. The smallest absolute Gasteiger partial charge is 0.253 e. The molecule has 0 bridgehead atoms. The van der Waals surface area contributed by atoms with Crippen LogP contribution in [-0.2, 0) is 9.84 Å². The highest BCUT2D eigenvalue weighted by Crippen LogP contribution is 2.23. The lowest BCUT2D eigenvalue weighted by atomic mass is 9.93. The van der Waals surface area contributed by atoms with Crippen LogP contribution >= 0.6 is 0 Å². The summed E-state index contributed by atoms with van der Waals surface area (Å²) in [6, 6.07) is 6.07. The molecule has 20 heavy (non-hydrogen) atoms. The van der Waals surface area contributed by atoms with Gasteiger partial charge in [0.15, 0.2) is 9.84 Å². The molecule has 1 fully saturated rings. The molecule has 2 rings (SSSR count). The van der Waals surface area contributed by atoms with E-state index in [4.69, 9.17) is 0 Å². The second-order valence-corrected chi connectivity index (χ2v) is 7.60. The lowest BCUT2D eigenvalue weighted by Gasteiger charge is -2.35. The average molecular weight is 297 g/mol. The first-order valence-electron chi connectivity index (χ1n) is 6.51. The van der Waals surface area contributed by atoms with Gasteiger partial charge in [0.1, 0.15) is 0 Å². The molecule has 1 N–H and O–H groups in total. The van der Waals surface area contributed by atoms with Gasteiger partial charge in [-0.15, -0.1) is 0 Å². The molecule has 0 atom stereocenters. The number of piperidine rings is 1. The van der Waals surface area contributed by atoms with Crippen molar-refractivity contribution in [1.29, 1.82) is 0 Å². The summed E-state index contributed by atoms with van der Waals surface area (Å²) in [6.07, 6.45) is 2.18. The van der Waals surface area contributed by atoms with Gasteiger partial charge in [-0.05, 0) is 38.0 Å². The second-order valence-electron chi connectivity index (χ2n) is 5.59. The van der Waals surface area contributed by atoms with Crippen molar-refractivity contribution in [2.24, 2.45) is 0 Å². The Kier molecular flexibility index (Phi) is 3.88. The summed E-state index contributed by atoms with van der Waals surface area (Å²) < 4.78 is 23.0. The summed E-state index contributed by atoms with van der Waals surface area (Å²) in [5, 5.41) is 9.88. The van der Waals surface area contributed by atoms with Crippen LogP contribution in [0, 0.1) is 0 Å². The fourth-order valence-electron chi connectivity index (χ4n) is 2.23. The maximum Gasteiger partial charge on any atom is 0.253 e. The van der Waals surface area contributed by atoms with Gasteiger partial charge < -0.3 is 10.0 Å². The number of amides is 1. The topological polar surface area (TPSA) is 74.7 Å². The summed E-state index contributed by atoms with van der Waals surface area (Å²) in [4.78, 5) is 14.1. The number of hydrogen-bond donors (Lipinski definition) is 1. The maximum atomic E-state index is 12.3. The van der Waals surface area contributed by atoms with Crippen LogP contribution in [0.4, 0.5) is 0 Å². The third-order valence-corrected chi connectivity index (χ3v) is 4.75. The number of rotatable bonds is 2. The van der Waals surface area contributed by atoms with Crippen LogP contribution in [0.2, 0.25) is 0 Å². The minimum absolute atomic E-state index is 0.146. The third kappa shape index (κ3) is 3.37. The fourth-order valence-corrected chi connectivity index (χ4v) is 2.90. The van der Waals surface area contributed by atoms with Crippen LogP contribution in [0.5, 0.6) is 0 Å². The predicted molar refractivity (Wildman–Crippen MR) is 75.3 cm³/mol. The first-order valence-corrected chi connectivity index (χ1v) is 8.40. The summed E-state index contributed by atoms with van der Waals surface area (Å²) in [5.41, 5.74) is -0.347. The summed E-state index contributed by atoms with van der Waals surface area (Å²) in [5.74, 6) is -0.189. The van der Waals surface area contributed by atoms with Gasteiger partial charge in [0.05, 0.1) is 10.5 Å². The first kappa shape index (κ1) is 15.0. The molecule has 0 radical (unpaired) electrons. The molecule has 1 amide bonds. The van der Waals surface area contributed by atoms with Gasteiger partial charge in [-0.3, -0.25) is 4.79 Å². The van der Waals surface area contributed by atoms with Gasteiger partial charge in [0.2, 0.25) is 0 Å². The molecular formula is C14H19NO4S. The van der Waals surface area contributed by atoms with Crippen LogP contribution < -0.4 is 0 Å². The van der Waals surface area contributed by atoms with Crippen LogP contribution in [0.1, 0.15) is 30.1 Å². The van der Waals surface area contributed by atoms with E-state index in [1.54, 1.807) is 24.0 Å². The minimum atomic E-state index is -3.32. The van der Waals surface area contributed by atoms with Gasteiger partial charge in [-0.1, -0.05) is 6.07 Å². The van der Waals surface area contributed by atoms with Crippen LogP contribution in [0.3, 0.4) is 0 Å². The van der Waals surface area contributed by atoms with E-state index >= 15 is 0 Å². The van der Waals surface area contributed by atoms with E-state index in [0.29, 0.717) is 31.5 Å². The van der Waals surface area contributed by atoms with Crippen molar-refractivity contribution in [3.63, 3.8) is 0 Å². The molecule has 1 saturated heterocycles. The lowest BCUT2D eigenvalue weighted by Crippen LogP contribution is -2.45. The standard InChI is InChI=1S/C14H19NO4S/c1-14(17)6-8-15(9-7-14)13(16)11-4-3-5-12(10-11)20(2,18)19/h3-5,10,17H,6-9H2,1-2H3. The first-order chi connectivity index (χ1) is 9.19. The van der Waals surface area contributed by atoms with E-state index < -0.39 is 15.4 Å². The second kappa shape index (κ2) is 5.18. The van der Waals surface area contributed by atoms with Crippen molar-refractivity contribution in [3.05, 3.63) is 29.8 Å². The highest BCUT2D eigenvalue weighted by molar-refractivity contribution is 7.90. The summed E-state index contributed by atoms with van der Waals surface area (Å²) in [6.45, 7) is 2.73. The lowest BCUT2D eigenvalue weighted by molar-refractivity contribution is -0.00203. The number of nitrogens with zero attached hydrogens (tertiary/aromatic N) is 1. The van der Waals surface area contributed by atoms with Gasteiger partial charge >= 0.3 is 0 Å². The number of carbonyl (C=O) groups is 1. The third-order valence-electron chi connectivity index (χ3n) is 3.64. The van der Waals surface area contributed by atoms with E-state index in [0.717, 1.165) is 6.26 Å². The molecule has 110 valence electrons. The molecule has 0 spiro atoms. The molecule has 0 unspecified atom stereocenters. The highest BCUT2D eigenvalue weighted by Gasteiger charge is 2.30.